The SMILES string of the molecule is C=CCn1c(SCC(=O)Nc2sc(C(=O)OCC)c(C)c2C(=O)OCC)nnc1-c1csc(CCC)c1. The maximum absolute atomic E-state index is 12.9. The van der Waals surface area contributed by atoms with Gasteiger partial charge in [0.05, 0.1) is 24.5 Å². The molecule has 0 aliphatic heterocycles. The lowest BCUT2D eigenvalue weighted by atomic mass is 10.1. The van der Waals surface area contributed by atoms with Crippen LogP contribution in [-0.2, 0) is 27.2 Å². The zero-order chi connectivity index (χ0) is 26.9. The van der Waals surface area contributed by atoms with E-state index < -0.39 is 11.9 Å². The van der Waals surface area contributed by atoms with Gasteiger partial charge in [0, 0.05) is 22.4 Å². The van der Waals surface area contributed by atoms with Gasteiger partial charge in [-0.15, -0.1) is 39.4 Å². The predicted molar refractivity (Wildman–Crippen MR) is 148 cm³/mol. The third-order valence-corrected chi connectivity index (χ3v) is 8.26. The molecular formula is C25H30N4O5S3. The van der Waals surface area contributed by atoms with Gasteiger partial charge in [0.25, 0.3) is 0 Å². The van der Waals surface area contributed by atoms with E-state index in [4.69, 9.17) is 9.47 Å². The minimum Gasteiger partial charge on any atom is -0.462 e. The molecule has 0 aliphatic carbocycles. The van der Waals surface area contributed by atoms with Crippen molar-refractivity contribution in [1.29, 1.82) is 0 Å². The summed E-state index contributed by atoms with van der Waals surface area (Å²) in [5.41, 5.74) is 1.56. The number of thiophene rings is 2. The number of hydrogen-bond acceptors (Lipinski definition) is 10. The number of amides is 1. The lowest BCUT2D eigenvalue weighted by Gasteiger charge is -2.08. The standard InChI is InChI=1S/C25H30N4O5S3/c1-6-10-17-12-16(13-35-17)21-27-28-25(29(21)11-7-2)36-14-18(30)26-22-19(23(31)33-8-3)15(5)20(37-22)24(32)34-9-4/h7,12-13H,2,6,8-11,14H2,1,3-5H3,(H,26,30). The Hall–Kier alpha value is -2.96. The summed E-state index contributed by atoms with van der Waals surface area (Å²) >= 11 is 3.91. The van der Waals surface area contributed by atoms with E-state index in [0.717, 1.165) is 35.6 Å². The lowest BCUT2D eigenvalue weighted by Crippen LogP contribution is -2.17. The molecule has 0 spiro atoms. The molecule has 1 amide bonds. The second-order valence-electron chi connectivity index (χ2n) is 7.80. The van der Waals surface area contributed by atoms with E-state index in [1.54, 1.807) is 38.2 Å². The van der Waals surface area contributed by atoms with Gasteiger partial charge in [-0.05, 0) is 38.8 Å². The second kappa shape index (κ2) is 13.5. The minimum absolute atomic E-state index is 0.0218. The smallest absolute Gasteiger partial charge is 0.348 e. The van der Waals surface area contributed by atoms with E-state index in [9.17, 15) is 14.4 Å². The van der Waals surface area contributed by atoms with Crippen molar-refractivity contribution in [2.75, 3.05) is 24.3 Å². The number of nitrogens with one attached hydrogen (secondary N) is 1. The molecule has 0 aromatic carbocycles. The summed E-state index contributed by atoms with van der Waals surface area (Å²) in [4.78, 5) is 39.4. The van der Waals surface area contributed by atoms with Crippen molar-refractivity contribution in [2.45, 2.75) is 52.2 Å². The van der Waals surface area contributed by atoms with E-state index >= 15 is 0 Å². The lowest BCUT2D eigenvalue weighted by molar-refractivity contribution is -0.113. The van der Waals surface area contributed by atoms with Crippen LogP contribution in [0.25, 0.3) is 11.4 Å². The molecule has 12 heteroatoms. The topological polar surface area (TPSA) is 112 Å². The van der Waals surface area contributed by atoms with Crippen molar-refractivity contribution in [3.63, 3.8) is 0 Å². The van der Waals surface area contributed by atoms with Gasteiger partial charge >= 0.3 is 11.9 Å². The number of hydrogen-bond donors (Lipinski definition) is 1. The molecule has 3 aromatic heterocycles. The van der Waals surface area contributed by atoms with Crippen LogP contribution in [0.1, 0.15) is 57.7 Å². The average molecular weight is 563 g/mol. The summed E-state index contributed by atoms with van der Waals surface area (Å²) in [5.74, 6) is -0.774. The van der Waals surface area contributed by atoms with Gasteiger partial charge in [-0.3, -0.25) is 9.36 Å². The molecule has 37 heavy (non-hydrogen) atoms. The summed E-state index contributed by atoms with van der Waals surface area (Å²) in [6.45, 7) is 11.9. The summed E-state index contributed by atoms with van der Waals surface area (Å²) in [5, 5.41) is 14.3. The highest BCUT2D eigenvalue weighted by Crippen LogP contribution is 2.35. The molecule has 0 radical (unpaired) electrons. The first-order valence-electron chi connectivity index (χ1n) is 11.9. The number of thioether (sulfide) groups is 1. The summed E-state index contributed by atoms with van der Waals surface area (Å²) < 4.78 is 12.2. The Morgan fingerprint density at radius 1 is 1.16 bits per heavy atom. The van der Waals surface area contributed by atoms with Gasteiger partial charge in [0.2, 0.25) is 5.91 Å². The van der Waals surface area contributed by atoms with Crippen LogP contribution in [0.4, 0.5) is 5.00 Å². The molecule has 0 saturated carbocycles. The summed E-state index contributed by atoms with van der Waals surface area (Å²) in [6, 6.07) is 2.12. The molecule has 0 unspecified atom stereocenters. The fourth-order valence-electron chi connectivity index (χ4n) is 3.51. The molecule has 3 aromatic rings. The van der Waals surface area contributed by atoms with E-state index in [1.165, 1.54) is 16.6 Å². The van der Waals surface area contributed by atoms with Gasteiger partial charge in [0.15, 0.2) is 11.0 Å². The number of aryl methyl sites for hydroxylation is 1. The maximum Gasteiger partial charge on any atom is 0.348 e. The van der Waals surface area contributed by atoms with Crippen LogP contribution in [-0.4, -0.2) is 51.6 Å². The number of nitrogens with zero attached hydrogens (tertiary/aromatic N) is 3. The molecule has 0 aliphatic rings. The molecule has 198 valence electrons. The van der Waals surface area contributed by atoms with Gasteiger partial charge < -0.3 is 14.8 Å². The summed E-state index contributed by atoms with van der Waals surface area (Å²) in [7, 11) is 0. The van der Waals surface area contributed by atoms with Crippen molar-refractivity contribution in [3.05, 3.63) is 45.0 Å². The molecule has 3 heterocycles. The van der Waals surface area contributed by atoms with Crippen LogP contribution in [0.2, 0.25) is 0 Å². The Labute approximate surface area is 228 Å². The predicted octanol–water partition coefficient (Wildman–Crippen LogP) is 5.60. The number of allylic oxidation sites excluding steroid dienone is 1. The Bertz CT molecular complexity index is 1280. The van der Waals surface area contributed by atoms with Crippen molar-refractivity contribution in [2.24, 2.45) is 0 Å². The van der Waals surface area contributed by atoms with E-state index in [0.29, 0.717) is 17.3 Å². The molecular weight excluding hydrogens is 532 g/mol. The third kappa shape index (κ3) is 6.88. The first kappa shape index (κ1) is 28.6. The number of aromatic nitrogens is 3. The number of carbonyl (C=O) groups is 3. The molecule has 0 fully saturated rings. The zero-order valence-electron chi connectivity index (χ0n) is 21.3. The van der Waals surface area contributed by atoms with Crippen LogP contribution >= 0.6 is 34.4 Å². The molecule has 0 atom stereocenters. The van der Waals surface area contributed by atoms with Gasteiger partial charge in [-0.25, -0.2) is 9.59 Å². The quantitative estimate of drug-likeness (QED) is 0.163. The fraction of sp³-hybridized carbons (Fsp3) is 0.400. The molecule has 1 N–H and O–H groups in total. The third-order valence-electron chi connectivity index (χ3n) is 5.11. The summed E-state index contributed by atoms with van der Waals surface area (Å²) in [6.07, 6.45) is 3.83. The van der Waals surface area contributed by atoms with Crippen molar-refractivity contribution >= 4 is 57.3 Å². The highest BCUT2D eigenvalue weighted by atomic mass is 32.2. The van der Waals surface area contributed by atoms with Crippen molar-refractivity contribution in [3.8, 4) is 11.4 Å². The highest BCUT2D eigenvalue weighted by Gasteiger charge is 2.27. The largest absolute Gasteiger partial charge is 0.462 e. The maximum atomic E-state index is 12.9. The normalized spacial score (nSPS) is 10.8. The first-order valence-corrected chi connectivity index (χ1v) is 14.5. The number of ether oxygens (including phenoxy) is 2. The van der Waals surface area contributed by atoms with Gasteiger partial charge in [-0.1, -0.05) is 31.2 Å². The first-order chi connectivity index (χ1) is 17.8. The fourth-order valence-corrected chi connectivity index (χ4v) is 6.33. The Morgan fingerprint density at radius 2 is 1.89 bits per heavy atom. The van der Waals surface area contributed by atoms with Crippen molar-refractivity contribution in [1.82, 2.24) is 14.8 Å². The average Bonchev–Trinajstić information content (AvgIpc) is 3.56. The van der Waals surface area contributed by atoms with Gasteiger partial charge in [-0.2, -0.15) is 0 Å². The minimum atomic E-state index is -0.608. The second-order valence-corrected chi connectivity index (χ2v) is 10.8. The van der Waals surface area contributed by atoms with E-state index in [1.807, 2.05) is 4.57 Å². The molecule has 0 bridgehead atoms. The van der Waals surface area contributed by atoms with Crippen LogP contribution in [0.15, 0.2) is 29.3 Å². The highest BCUT2D eigenvalue weighted by molar-refractivity contribution is 7.99. The monoisotopic (exact) mass is 562 g/mol. The Balaban J connectivity index is 1.78. The molecule has 0 saturated heterocycles. The van der Waals surface area contributed by atoms with Gasteiger partial charge in [0.1, 0.15) is 9.88 Å². The zero-order valence-corrected chi connectivity index (χ0v) is 23.7. The van der Waals surface area contributed by atoms with E-state index in [2.05, 4.69) is 40.5 Å². The van der Waals surface area contributed by atoms with Crippen LogP contribution in [0.5, 0.6) is 0 Å². The number of rotatable bonds is 13. The number of carbonyl (C=O) groups excluding carboxylic acids is 3. The number of esters is 2. The van der Waals surface area contributed by atoms with Crippen LogP contribution in [0.3, 0.4) is 0 Å². The molecule has 3 rings (SSSR count). The van der Waals surface area contributed by atoms with Crippen LogP contribution in [0, 0.1) is 6.92 Å². The molecule has 9 nitrogen and oxygen atoms in total. The Kier molecular flexibility index (Phi) is 10.5. The van der Waals surface area contributed by atoms with Crippen LogP contribution < -0.4 is 5.32 Å². The van der Waals surface area contributed by atoms with Crippen molar-refractivity contribution < 1.29 is 23.9 Å². The Morgan fingerprint density at radius 3 is 2.57 bits per heavy atom. The number of anilines is 1. The van der Waals surface area contributed by atoms with E-state index in [-0.39, 0.29) is 40.3 Å².